The first-order chi connectivity index (χ1) is 7.77. The lowest BCUT2D eigenvalue weighted by Crippen LogP contribution is -2.44. The maximum Gasteiger partial charge on any atom is 0.224 e. The van der Waals surface area contributed by atoms with Crippen molar-refractivity contribution in [3.8, 4) is 0 Å². The van der Waals surface area contributed by atoms with E-state index in [2.05, 4.69) is 12.2 Å². The molecule has 1 saturated heterocycles. The van der Waals surface area contributed by atoms with Gasteiger partial charge in [-0.15, -0.1) is 0 Å². The molecule has 94 valence electrons. The average molecular weight is 228 g/mol. The molecule has 1 rings (SSSR count). The first-order valence-corrected chi connectivity index (χ1v) is 6.30. The van der Waals surface area contributed by atoms with E-state index in [0.29, 0.717) is 19.1 Å². The summed E-state index contributed by atoms with van der Waals surface area (Å²) in [6.07, 6.45) is 3.68. The fourth-order valence-corrected chi connectivity index (χ4v) is 1.98. The molecule has 1 amide bonds. The number of ether oxygens (including phenoxy) is 1. The molecule has 0 aromatic carbocycles. The number of carbonyl (C=O) groups is 1. The SMILES string of the molecule is CCCOCCC(=O)N1CCC(NC)CC1. The van der Waals surface area contributed by atoms with Crippen LogP contribution in [0.4, 0.5) is 0 Å². The van der Waals surface area contributed by atoms with Gasteiger partial charge in [0.15, 0.2) is 0 Å². The van der Waals surface area contributed by atoms with Crippen LogP contribution in [0.1, 0.15) is 32.6 Å². The van der Waals surface area contributed by atoms with Gasteiger partial charge in [-0.25, -0.2) is 0 Å². The maximum absolute atomic E-state index is 11.8. The predicted octanol–water partition coefficient (Wildman–Crippen LogP) is 1.01. The minimum Gasteiger partial charge on any atom is -0.381 e. The van der Waals surface area contributed by atoms with Gasteiger partial charge in [-0.1, -0.05) is 6.92 Å². The Balaban J connectivity index is 2.13. The van der Waals surface area contributed by atoms with Crippen LogP contribution in [0, 0.1) is 0 Å². The Labute approximate surface area is 98.3 Å². The average Bonchev–Trinajstić information content (AvgIpc) is 2.34. The highest BCUT2D eigenvalue weighted by molar-refractivity contribution is 5.76. The maximum atomic E-state index is 11.8. The van der Waals surface area contributed by atoms with Crippen molar-refractivity contribution in [2.24, 2.45) is 0 Å². The Morgan fingerprint density at radius 2 is 2.06 bits per heavy atom. The molecule has 1 aliphatic rings. The zero-order chi connectivity index (χ0) is 11.8. The Morgan fingerprint density at radius 1 is 1.38 bits per heavy atom. The Morgan fingerprint density at radius 3 is 2.62 bits per heavy atom. The number of rotatable bonds is 6. The number of piperidine rings is 1. The van der Waals surface area contributed by atoms with Crippen LogP contribution >= 0.6 is 0 Å². The predicted molar refractivity (Wildman–Crippen MR) is 64.4 cm³/mol. The van der Waals surface area contributed by atoms with E-state index in [-0.39, 0.29) is 5.91 Å². The lowest BCUT2D eigenvalue weighted by molar-refractivity contribution is -0.133. The first-order valence-electron chi connectivity index (χ1n) is 6.30. The van der Waals surface area contributed by atoms with E-state index in [1.807, 2.05) is 11.9 Å². The summed E-state index contributed by atoms with van der Waals surface area (Å²) in [6, 6.07) is 0.584. The molecular weight excluding hydrogens is 204 g/mol. The molecule has 1 fully saturated rings. The van der Waals surface area contributed by atoms with E-state index < -0.39 is 0 Å². The number of hydrogen-bond donors (Lipinski definition) is 1. The van der Waals surface area contributed by atoms with Gasteiger partial charge in [0, 0.05) is 25.7 Å². The van der Waals surface area contributed by atoms with E-state index >= 15 is 0 Å². The number of nitrogens with one attached hydrogen (secondary N) is 1. The van der Waals surface area contributed by atoms with Crippen LogP contribution in [0.15, 0.2) is 0 Å². The largest absolute Gasteiger partial charge is 0.381 e. The summed E-state index contributed by atoms with van der Waals surface area (Å²) in [4.78, 5) is 13.7. The second kappa shape index (κ2) is 7.63. The summed E-state index contributed by atoms with van der Waals surface area (Å²) < 4.78 is 5.33. The van der Waals surface area contributed by atoms with Gasteiger partial charge in [-0.05, 0) is 26.3 Å². The molecule has 0 saturated carbocycles. The molecule has 1 heterocycles. The molecule has 16 heavy (non-hydrogen) atoms. The van der Waals surface area contributed by atoms with E-state index in [9.17, 15) is 4.79 Å². The number of nitrogens with zero attached hydrogens (tertiary/aromatic N) is 1. The molecule has 0 aromatic rings. The molecule has 0 unspecified atom stereocenters. The number of amides is 1. The lowest BCUT2D eigenvalue weighted by atomic mass is 10.1. The zero-order valence-electron chi connectivity index (χ0n) is 10.5. The molecule has 0 aromatic heterocycles. The Hall–Kier alpha value is -0.610. The van der Waals surface area contributed by atoms with Crippen LogP contribution in [-0.4, -0.2) is 50.2 Å². The van der Waals surface area contributed by atoms with E-state index in [1.54, 1.807) is 0 Å². The van der Waals surface area contributed by atoms with Gasteiger partial charge < -0.3 is 15.0 Å². The minimum atomic E-state index is 0.241. The van der Waals surface area contributed by atoms with E-state index in [1.165, 1.54) is 0 Å². The van der Waals surface area contributed by atoms with Crippen molar-refractivity contribution in [3.05, 3.63) is 0 Å². The summed E-state index contributed by atoms with van der Waals surface area (Å²) in [5.74, 6) is 0.241. The van der Waals surface area contributed by atoms with Crippen molar-refractivity contribution in [3.63, 3.8) is 0 Å². The van der Waals surface area contributed by atoms with Crippen LogP contribution in [-0.2, 0) is 9.53 Å². The molecule has 0 bridgehead atoms. The molecule has 0 atom stereocenters. The zero-order valence-corrected chi connectivity index (χ0v) is 10.5. The molecule has 1 N–H and O–H groups in total. The van der Waals surface area contributed by atoms with Gasteiger partial charge in [0.05, 0.1) is 13.0 Å². The fourth-order valence-electron chi connectivity index (χ4n) is 1.98. The van der Waals surface area contributed by atoms with Crippen molar-refractivity contribution < 1.29 is 9.53 Å². The molecule has 0 spiro atoms. The van der Waals surface area contributed by atoms with Gasteiger partial charge in [0.2, 0.25) is 5.91 Å². The third-order valence-corrected chi connectivity index (χ3v) is 3.06. The second-order valence-corrected chi connectivity index (χ2v) is 4.31. The molecule has 0 aliphatic carbocycles. The van der Waals surface area contributed by atoms with Gasteiger partial charge in [-0.2, -0.15) is 0 Å². The summed E-state index contributed by atoms with van der Waals surface area (Å²) >= 11 is 0. The van der Waals surface area contributed by atoms with Crippen LogP contribution in [0.3, 0.4) is 0 Å². The van der Waals surface area contributed by atoms with Crippen molar-refractivity contribution in [2.75, 3.05) is 33.4 Å². The quantitative estimate of drug-likeness (QED) is 0.690. The van der Waals surface area contributed by atoms with E-state index in [4.69, 9.17) is 4.74 Å². The monoisotopic (exact) mass is 228 g/mol. The summed E-state index contributed by atoms with van der Waals surface area (Å²) in [5, 5.41) is 3.26. The first kappa shape index (κ1) is 13.5. The smallest absolute Gasteiger partial charge is 0.224 e. The van der Waals surface area contributed by atoms with Crippen molar-refractivity contribution >= 4 is 5.91 Å². The van der Waals surface area contributed by atoms with Crippen LogP contribution in [0.25, 0.3) is 0 Å². The molecular formula is C12H24N2O2. The lowest BCUT2D eigenvalue weighted by Gasteiger charge is -2.31. The second-order valence-electron chi connectivity index (χ2n) is 4.31. The topological polar surface area (TPSA) is 41.6 Å². The summed E-state index contributed by atoms with van der Waals surface area (Å²) in [7, 11) is 1.99. The van der Waals surface area contributed by atoms with Crippen molar-refractivity contribution in [2.45, 2.75) is 38.6 Å². The minimum absolute atomic E-state index is 0.241. The molecule has 4 heteroatoms. The highest BCUT2D eigenvalue weighted by Crippen LogP contribution is 2.10. The highest BCUT2D eigenvalue weighted by atomic mass is 16.5. The van der Waals surface area contributed by atoms with Crippen molar-refractivity contribution in [1.29, 1.82) is 0 Å². The van der Waals surface area contributed by atoms with Crippen LogP contribution < -0.4 is 5.32 Å². The third kappa shape index (κ3) is 4.49. The van der Waals surface area contributed by atoms with Gasteiger partial charge in [-0.3, -0.25) is 4.79 Å². The molecule has 4 nitrogen and oxygen atoms in total. The molecule has 1 aliphatic heterocycles. The third-order valence-electron chi connectivity index (χ3n) is 3.06. The summed E-state index contributed by atoms with van der Waals surface area (Å²) in [5.41, 5.74) is 0. The Bertz CT molecular complexity index is 201. The van der Waals surface area contributed by atoms with Crippen LogP contribution in [0.2, 0.25) is 0 Å². The molecule has 0 radical (unpaired) electrons. The fraction of sp³-hybridized carbons (Fsp3) is 0.917. The standard InChI is InChI=1S/C12H24N2O2/c1-3-9-16-10-6-12(15)14-7-4-11(13-2)5-8-14/h11,13H,3-10H2,1-2H3. The Kier molecular flexibility index (Phi) is 6.42. The van der Waals surface area contributed by atoms with E-state index in [0.717, 1.165) is 39.0 Å². The van der Waals surface area contributed by atoms with Gasteiger partial charge in [0.1, 0.15) is 0 Å². The number of hydrogen-bond acceptors (Lipinski definition) is 3. The van der Waals surface area contributed by atoms with Gasteiger partial charge in [0.25, 0.3) is 0 Å². The van der Waals surface area contributed by atoms with Crippen molar-refractivity contribution in [1.82, 2.24) is 10.2 Å². The normalized spacial score (nSPS) is 17.8. The summed E-state index contributed by atoms with van der Waals surface area (Å²) in [6.45, 7) is 5.17. The highest BCUT2D eigenvalue weighted by Gasteiger charge is 2.21. The number of carbonyl (C=O) groups excluding carboxylic acids is 1. The number of likely N-dealkylation sites (tertiary alicyclic amines) is 1. The van der Waals surface area contributed by atoms with Gasteiger partial charge >= 0.3 is 0 Å². The van der Waals surface area contributed by atoms with Crippen LogP contribution in [0.5, 0.6) is 0 Å².